The van der Waals surface area contributed by atoms with Crippen LogP contribution in [-0.4, -0.2) is 31.6 Å². The van der Waals surface area contributed by atoms with Gasteiger partial charge in [0.05, 0.1) is 6.61 Å². The predicted molar refractivity (Wildman–Crippen MR) is 103 cm³/mol. The Morgan fingerprint density at radius 3 is 2.65 bits per heavy atom. The van der Waals surface area contributed by atoms with E-state index >= 15 is 0 Å². The topological polar surface area (TPSA) is 58.6 Å². The molecule has 1 fully saturated rings. The van der Waals surface area contributed by atoms with Gasteiger partial charge in [0.15, 0.2) is 0 Å². The van der Waals surface area contributed by atoms with E-state index in [9.17, 15) is 9.59 Å². The second kappa shape index (κ2) is 8.83. The van der Waals surface area contributed by atoms with Crippen LogP contribution in [0.1, 0.15) is 18.4 Å². The summed E-state index contributed by atoms with van der Waals surface area (Å²) in [6.45, 7) is 1.20. The lowest BCUT2D eigenvalue weighted by molar-refractivity contribution is -0.125. The van der Waals surface area contributed by atoms with Gasteiger partial charge < -0.3 is 15.0 Å². The molecule has 2 aromatic carbocycles. The maximum atomic E-state index is 12.1. The summed E-state index contributed by atoms with van der Waals surface area (Å²) in [6.07, 6.45) is 1.93. The molecule has 136 valence electrons. The van der Waals surface area contributed by atoms with Gasteiger partial charge in [-0.25, -0.2) is 0 Å². The third kappa shape index (κ3) is 4.84. The summed E-state index contributed by atoms with van der Waals surface area (Å²) < 4.78 is 5.13. The Balaban J connectivity index is 1.48. The Bertz CT molecular complexity index is 777. The third-order valence-electron chi connectivity index (χ3n) is 4.26. The number of hydrogen-bond donors (Lipinski definition) is 1. The normalized spacial score (nSPS) is 14.3. The minimum Gasteiger partial charge on any atom is -0.370 e. The molecule has 6 heteroatoms. The smallest absolute Gasteiger partial charge is 0.253 e. The molecule has 1 aliphatic rings. The molecule has 0 radical (unpaired) electrons. The number of carbonyl (C=O) groups excluding carboxylic acids is 2. The van der Waals surface area contributed by atoms with Crippen molar-refractivity contribution >= 4 is 34.8 Å². The van der Waals surface area contributed by atoms with Crippen LogP contribution in [0.4, 0.5) is 11.4 Å². The Morgan fingerprint density at radius 1 is 1.15 bits per heavy atom. The lowest BCUT2D eigenvalue weighted by Gasteiger charge is -2.26. The van der Waals surface area contributed by atoms with Crippen molar-refractivity contribution in [1.29, 1.82) is 0 Å². The van der Waals surface area contributed by atoms with Crippen LogP contribution in [0.15, 0.2) is 48.5 Å². The zero-order valence-corrected chi connectivity index (χ0v) is 15.2. The van der Waals surface area contributed by atoms with Crippen molar-refractivity contribution in [2.45, 2.75) is 19.3 Å². The summed E-state index contributed by atoms with van der Waals surface area (Å²) >= 11 is 6.12. The van der Waals surface area contributed by atoms with Gasteiger partial charge in [-0.1, -0.05) is 29.8 Å². The highest BCUT2D eigenvalue weighted by Crippen LogP contribution is 2.20. The highest BCUT2D eigenvalue weighted by atomic mass is 35.5. The molecule has 1 N–H and O–H groups in total. The van der Waals surface area contributed by atoms with E-state index in [4.69, 9.17) is 16.3 Å². The minimum absolute atomic E-state index is 0.0350. The van der Waals surface area contributed by atoms with Gasteiger partial charge in [0.1, 0.15) is 6.61 Å². The Morgan fingerprint density at radius 2 is 1.92 bits per heavy atom. The van der Waals surface area contributed by atoms with Gasteiger partial charge in [-0.2, -0.15) is 0 Å². The number of nitrogens with one attached hydrogen (secondary N) is 1. The molecule has 2 aromatic rings. The number of carbonyl (C=O) groups is 2. The van der Waals surface area contributed by atoms with Crippen LogP contribution >= 0.6 is 11.6 Å². The molecule has 26 heavy (non-hydrogen) atoms. The monoisotopic (exact) mass is 372 g/mol. The molecule has 2 amide bonds. The van der Waals surface area contributed by atoms with Crippen molar-refractivity contribution in [3.8, 4) is 0 Å². The first-order valence-electron chi connectivity index (χ1n) is 8.65. The van der Waals surface area contributed by atoms with E-state index in [0.717, 1.165) is 34.8 Å². The van der Waals surface area contributed by atoms with E-state index in [1.165, 1.54) is 0 Å². The van der Waals surface area contributed by atoms with E-state index in [0.29, 0.717) is 19.6 Å². The molecule has 1 saturated heterocycles. The average molecular weight is 373 g/mol. The number of aryl methyl sites for hydroxylation is 1. The first kappa shape index (κ1) is 18.4. The minimum atomic E-state index is -0.0485. The molecule has 0 atom stereocenters. The number of anilines is 2. The number of halogens is 1. The molecule has 0 aromatic heterocycles. The summed E-state index contributed by atoms with van der Waals surface area (Å²) in [5, 5.41) is 3.62. The van der Waals surface area contributed by atoms with Crippen molar-refractivity contribution in [3.05, 3.63) is 59.1 Å². The van der Waals surface area contributed by atoms with Crippen molar-refractivity contribution in [2.75, 3.05) is 30.0 Å². The fraction of sp³-hybridized carbons (Fsp3) is 0.300. The highest BCUT2D eigenvalue weighted by Gasteiger charge is 2.19. The van der Waals surface area contributed by atoms with Crippen LogP contribution in [0, 0.1) is 0 Å². The Hall–Kier alpha value is -2.37. The quantitative estimate of drug-likeness (QED) is 0.841. The molecule has 5 nitrogen and oxygen atoms in total. The standard InChI is InChI=1S/C20H21ClN2O3/c21-18-6-2-1-4-15(18)5-3-7-19(24)22-16-8-10-17(11-9-16)23-12-13-26-14-20(23)25/h1-2,4,6,8-11H,3,5,7,12-14H2,(H,22,24). The summed E-state index contributed by atoms with van der Waals surface area (Å²) in [4.78, 5) is 25.6. The Labute approximate surface area is 157 Å². The molecule has 0 saturated carbocycles. The Kier molecular flexibility index (Phi) is 6.26. The lowest BCUT2D eigenvalue weighted by Crippen LogP contribution is -2.41. The second-order valence-electron chi connectivity index (χ2n) is 6.14. The van der Waals surface area contributed by atoms with Gasteiger partial charge in [0.25, 0.3) is 5.91 Å². The fourth-order valence-corrected chi connectivity index (χ4v) is 3.11. The zero-order chi connectivity index (χ0) is 18.4. The van der Waals surface area contributed by atoms with Crippen molar-refractivity contribution in [3.63, 3.8) is 0 Å². The number of nitrogens with zero attached hydrogens (tertiary/aromatic N) is 1. The molecule has 0 spiro atoms. The number of ether oxygens (including phenoxy) is 1. The summed E-state index contributed by atoms with van der Waals surface area (Å²) in [6, 6.07) is 15.0. The molecule has 0 unspecified atom stereocenters. The highest BCUT2D eigenvalue weighted by molar-refractivity contribution is 6.31. The fourth-order valence-electron chi connectivity index (χ4n) is 2.88. The van der Waals surface area contributed by atoms with Crippen LogP contribution in [0.25, 0.3) is 0 Å². The number of hydrogen-bond acceptors (Lipinski definition) is 3. The number of benzene rings is 2. The van der Waals surface area contributed by atoms with Crippen LogP contribution in [-0.2, 0) is 20.7 Å². The van der Waals surface area contributed by atoms with E-state index in [1.807, 2.05) is 48.5 Å². The van der Waals surface area contributed by atoms with Crippen LogP contribution in [0.2, 0.25) is 5.02 Å². The van der Waals surface area contributed by atoms with E-state index < -0.39 is 0 Å². The molecule has 0 bridgehead atoms. The molecular formula is C20H21ClN2O3. The maximum absolute atomic E-state index is 12.1. The van der Waals surface area contributed by atoms with Gasteiger partial charge in [-0.15, -0.1) is 0 Å². The average Bonchev–Trinajstić information content (AvgIpc) is 2.64. The van der Waals surface area contributed by atoms with Crippen LogP contribution in [0.3, 0.4) is 0 Å². The predicted octanol–water partition coefficient (Wildman–Crippen LogP) is 3.66. The van der Waals surface area contributed by atoms with Gasteiger partial charge in [-0.05, 0) is 48.7 Å². The summed E-state index contributed by atoms with van der Waals surface area (Å²) in [5.41, 5.74) is 2.59. The van der Waals surface area contributed by atoms with Gasteiger partial charge in [0.2, 0.25) is 5.91 Å². The van der Waals surface area contributed by atoms with Crippen molar-refractivity contribution in [1.82, 2.24) is 0 Å². The SMILES string of the molecule is O=C(CCCc1ccccc1Cl)Nc1ccc(N2CCOCC2=O)cc1. The molecule has 1 aliphatic heterocycles. The van der Waals surface area contributed by atoms with Crippen molar-refractivity contribution < 1.29 is 14.3 Å². The number of morpholine rings is 1. The van der Waals surface area contributed by atoms with Crippen LogP contribution in [0.5, 0.6) is 0 Å². The molecule has 3 rings (SSSR count). The van der Waals surface area contributed by atoms with Crippen LogP contribution < -0.4 is 10.2 Å². The third-order valence-corrected chi connectivity index (χ3v) is 4.63. The summed E-state index contributed by atoms with van der Waals surface area (Å²) in [5.74, 6) is -0.0835. The first-order valence-corrected chi connectivity index (χ1v) is 9.03. The molecular weight excluding hydrogens is 352 g/mol. The zero-order valence-electron chi connectivity index (χ0n) is 14.4. The van der Waals surface area contributed by atoms with Gasteiger partial charge in [0, 0.05) is 29.4 Å². The van der Waals surface area contributed by atoms with Gasteiger partial charge in [-0.3, -0.25) is 9.59 Å². The first-order chi connectivity index (χ1) is 12.6. The number of amides is 2. The number of rotatable bonds is 6. The van der Waals surface area contributed by atoms with Gasteiger partial charge >= 0.3 is 0 Å². The lowest BCUT2D eigenvalue weighted by atomic mass is 10.1. The van der Waals surface area contributed by atoms with E-state index in [2.05, 4.69) is 5.32 Å². The summed E-state index contributed by atoms with van der Waals surface area (Å²) in [7, 11) is 0. The second-order valence-corrected chi connectivity index (χ2v) is 6.55. The van der Waals surface area contributed by atoms with E-state index in [1.54, 1.807) is 4.90 Å². The van der Waals surface area contributed by atoms with E-state index in [-0.39, 0.29) is 18.4 Å². The maximum Gasteiger partial charge on any atom is 0.253 e. The molecule has 1 heterocycles. The molecule has 0 aliphatic carbocycles. The van der Waals surface area contributed by atoms with Crippen molar-refractivity contribution in [2.24, 2.45) is 0 Å². The largest absolute Gasteiger partial charge is 0.370 e.